The third-order valence-corrected chi connectivity index (χ3v) is 1.86. The van der Waals surface area contributed by atoms with Crippen LogP contribution in [0.5, 0.6) is 0 Å². The maximum atomic E-state index is 11.8. The van der Waals surface area contributed by atoms with Gasteiger partial charge >= 0.3 is 6.09 Å². The average molecular weight is 242 g/mol. The summed E-state index contributed by atoms with van der Waals surface area (Å²) < 4.78 is 5.27. The van der Waals surface area contributed by atoms with Gasteiger partial charge in [-0.3, -0.25) is 0 Å². The molecule has 1 amide bonds. The molecule has 0 radical (unpaired) electrons. The number of carbonyl (C=O) groups is 1. The Morgan fingerprint density at radius 3 is 2.47 bits per heavy atom. The van der Waals surface area contributed by atoms with E-state index in [-0.39, 0.29) is 6.09 Å². The van der Waals surface area contributed by atoms with Gasteiger partial charge in [0.2, 0.25) is 0 Å². The maximum Gasteiger partial charge on any atom is 0.410 e. The Hall–Kier alpha value is -1.52. The molecular formula is C12H22N2O3. The monoisotopic (exact) mass is 242 g/mol. The van der Waals surface area contributed by atoms with Gasteiger partial charge in [0.05, 0.1) is 0 Å². The van der Waals surface area contributed by atoms with Gasteiger partial charge in [0.15, 0.2) is 0 Å². The van der Waals surface area contributed by atoms with E-state index in [0.29, 0.717) is 25.9 Å². The van der Waals surface area contributed by atoms with Crippen LogP contribution < -0.4 is 0 Å². The second kappa shape index (κ2) is 7.70. The SMILES string of the molecule is C=CCCN(CC/C=N\O)C(=O)OC(C)(C)C. The molecule has 0 aliphatic heterocycles. The van der Waals surface area contributed by atoms with Crippen LogP contribution in [0.4, 0.5) is 4.79 Å². The number of nitrogens with zero attached hydrogens (tertiary/aromatic N) is 2. The van der Waals surface area contributed by atoms with Crippen molar-refractivity contribution < 1.29 is 14.7 Å². The Morgan fingerprint density at radius 2 is 2.00 bits per heavy atom. The third kappa shape index (κ3) is 8.30. The van der Waals surface area contributed by atoms with Gasteiger partial charge in [0.1, 0.15) is 5.60 Å². The molecule has 5 nitrogen and oxygen atoms in total. The summed E-state index contributed by atoms with van der Waals surface area (Å²) in [5, 5.41) is 11.2. The standard InChI is InChI=1S/C12H22N2O3/c1-5-6-9-14(10-7-8-13-16)11(15)17-12(2,3)4/h5,8,16H,1,6-7,9-10H2,2-4H3/b13-8-. The van der Waals surface area contributed by atoms with Gasteiger partial charge in [-0.1, -0.05) is 6.08 Å². The number of ether oxygens (including phenoxy) is 1. The van der Waals surface area contributed by atoms with Gasteiger partial charge in [-0.05, 0) is 27.2 Å². The van der Waals surface area contributed by atoms with Crippen molar-refractivity contribution in [1.82, 2.24) is 4.90 Å². The van der Waals surface area contributed by atoms with Crippen LogP contribution in [0, 0.1) is 0 Å². The first kappa shape index (κ1) is 15.5. The number of oxime groups is 1. The lowest BCUT2D eigenvalue weighted by Crippen LogP contribution is -2.38. The summed E-state index contributed by atoms with van der Waals surface area (Å²) in [5.74, 6) is 0. The zero-order valence-electron chi connectivity index (χ0n) is 10.8. The van der Waals surface area contributed by atoms with Crippen molar-refractivity contribution in [2.24, 2.45) is 5.16 Å². The lowest BCUT2D eigenvalue weighted by molar-refractivity contribution is 0.0258. The van der Waals surface area contributed by atoms with Crippen LogP contribution in [0.2, 0.25) is 0 Å². The van der Waals surface area contributed by atoms with E-state index in [1.807, 2.05) is 20.8 Å². The number of carbonyl (C=O) groups excluding carboxylic acids is 1. The predicted octanol–water partition coefficient (Wildman–Crippen LogP) is 2.65. The highest BCUT2D eigenvalue weighted by Crippen LogP contribution is 2.10. The van der Waals surface area contributed by atoms with E-state index in [1.165, 1.54) is 6.21 Å². The fraction of sp³-hybridized carbons (Fsp3) is 0.667. The molecule has 17 heavy (non-hydrogen) atoms. The highest BCUT2D eigenvalue weighted by molar-refractivity contribution is 5.68. The van der Waals surface area contributed by atoms with E-state index in [9.17, 15) is 4.79 Å². The van der Waals surface area contributed by atoms with E-state index < -0.39 is 5.60 Å². The smallest absolute Gasteiger partial charge is 0.410 e. The summed E-state index contributed by atoms with van der Waals surface area (Å²) >= 11 is 0. The molecule has 0 aromatic heterocycles. The average Bonchev–Trinajstić information content (AvgIpc) is 2.20. The molecule has 98 valence electrons. The fourth-order valence-electron chi connectivity index (χ4n) is 1.14. The van der Waals surface area contributed by atoms with Crippen molar-refractivity contribution in [2.45, 2.75) is 39.2 Å². The van der Waals surface area contributed by atoms with Crippen molar-refractivity contribution in [3.05, 3.63) is 12.7 Å². The van der Waals surface area contributed by atoms with E-state index in [1.54, 1.807) is 11.0 Å². The van der Waals surface area contributed by atoms with Gasteiger partial charge in [-0.15, -0.1) is 11.7 Å². The maximum absolute atomic E-state index is 11.8. The highest BCUT2D eigenvalue weighted by atomic mass is 16.6. The minimum atomic E-state index is -0.505. The molecular weight excluding hydrogens is 220 g/mol. The van der Waals surface area contributed by atoms with Gasteiger partial charge < -0.3 is 14.8 Å². The lowest BCUT2D eigenvalue weighted by Gasteiger charge is -2.26. The summed E-state index contributed by atoms with van der Waals surface area (Å²) in [6.45, 7) is 10.1. The summed E-state index contributed by atoms with van der Waals surface area (Å²) in [7, 11) is 0. The van der Waals surface area contributed by atoms with E-state index in [0.717, 1.165) is 0 Å². The minimum absolute atomic E-state index is 0.356. The lowest BCUT2D eigenvalue weighted by atomic mass is 10.2. The Balaban J connectivity index is 4.33. The molecule has 0 bridgehead atoms. The molecule has 1 N–H and O–H groups in total. The number of rotatable bonds is 6. The molecule has 0 spiro atoms. The molecule has 0 fully saturated rings. The first-order chi connectivity index (χ1) is 7.90. The molecule has 5 heteroatoms. The molecule has 0 rings (SSSR count). The summed E-state index contributed by atoms with van der Waals surface area (Å²) in [6.07, 6.45) is 3.94. The first-order valence-corrected chi connectivity index (χ1v) is 5.65. The molecule has 0 saturated heterocycles. The topological polar surface area (TPSA) is 62.1 Å². The van der Waals surface area contributed by atoms with Crippen molar-refractivity contribution in [2.75, 3.05) is 13.1 Å². The molecule has 0 atom stereocenters. The molecule has 0 heterocycles. The van der Waals surface area contributed by atoms with E-state index in [2.05, 4.69) is 11.7 Å². The zero-order chi connectivity index (χ0) is 13.3. The van der Waals surface area contributed by atoms with Crippen LogP contribution >= 0.6 is 0 Å². The van der Waals surface area contributed by atoms with Gasteiger partial charge in [-0.25, -0.2) is 4.79 Å². The van der Waals surface area contributed by atoms with Crippen molar-refractivity contribution >= 4 is 12.3 Å². The number of hydrogen-bond acceptors (Lipinski definition) is 4. The summed E-state index contributed by atoms with van der Waals surface area (Å²) in [6, 6.07) is 0. The molecule has 0 aliphatic carbocycles. The summed E-state index contributed by atoms with van der Waals surface area (Å²) in [4.78, 5) is 13.4. The second-order valence-corrected chi connectivity index (χ2v) is 4.63. The highest BCUT2D eigenvalue weighted by Gasteiger charge is 2.21. The normalized spacial score (nSPS) is 11.5. The Labute approximate surface area is 103 Å². The Kier molecular flexibility index (Phi) is 7.02. The molecule has 0 saturated carbocycles. The van der Waals surface area contributed by atoms with Crippen molar-refractivity contribution in [1.29, 1.82) is 0 Å². The van der Waals surface area contributed by atoms with Crippen LogP contribution in [0.15, 0.2) is 17.8 Å². The van der Waals surface area contributed by atoms with Crippen LogP contribution in [-0.2, 0) is 4.74 Å². The molecule has 0 aliphatic rings. The largest absolute Gasteiger partial charge is 0.444 e. The first-order valence-electron chi connectivity index (χ1n) is 5.65. The zero-order valence-corrected chi connectivity index (χ0v) is 10.8. The minimum Gasteiger partial charge on any atom is -0.444 e. The molecule has 0 aromatic rings. The van der Waals surface area contributed by atoms with Crippen LogP contribution in [0.25, 0.3) is 0 Å². The predicted molar refractivity (Wildman–Crippen MR) is 67.5 cm³/mol. The fourth-order valence-corrected chi connectivity index (χ4v) is 1.14. The van der Waals surface area contributed by atoms with Crippen molar-refractivity contribution in [3.63, 3.8) is 0 Å². The summed E-state index contributed by atoms with van der Waals surface area (Å²) in [5.41, 5.74) is -0.505. The second-order valence-electron chi connectivity index (χ2n) is 4.63. The van der Waals surface area contributed by atoms with E-state index >= 15 is 0 Å². The quantitative estimate of drug-likeness (QED) is 0.337. The Bertz CT molecular complexity index is 269. The van der Waals surface area contributed by atoms with Gasteiger partial charge in [0.25, 0.3) is 0 Å². The number of amides is 1. The van der Waals surface area contributed by atoms with Crippen LogP contribution in [-0.4, -0.2) is 41.1 Å². The van der Waals surface area contributed by atoms with Crippen LogP contribution in [0.1, 0.15) is 33.6 Å². The van der Waals surface area contributed by atoms with Crippen LogP contribution in [0.3, 0.4) is 0 Å². The third-order valence-electron chi connectivity index (χ3n) is 1.86. The molecule has 0 unspecified atom stereocenters. The van der Waals surface area contributed by atoms with Crippen molar-refractivity contribution in [3.8, 4) is 0 Å². The molecule has 0 aromatic carbocycles. The van der Waals surface area contributed by atoms with Gasteiger partial charge in [-0.2, -0.15) is 0 Å². The number of hydrogen-bond donors (Lipinski definition) is 1. The van der Waals surface area contributed by atoms with Gasteiger partial charge in [0, 0.05) is 25.7 Å². The van der Waals surface area contributed by atoms with E-state index in [4.69, 9.17) is 9.94 Å². The Morgan fingerprint density at radius 1 is 1.41 bits per heavy atom.